The van der Waals surface area contributed by atoms with Crippen LogP contribution in [0.15, 0.2) is 66.0 Å². The molecule has 0 radical (unpaired) electrons. The number of benzene rings is 1. The topological polar surface area (TPSA) is 81.7 Å². The first-order valence-electron chi connectivity index (χ1n) is 10.5. The van der Waals surface area contributed by atoms with E-state index in [1.165, 1.54) is 22.9 Å². The van der Waals surface area contributed by atoms with Gasteiger partial charge in [-0.2, -0.15) is 0 Å². The van der Waals surface area contributed by atoms with Crippen LogP contribution in [0.4, 0.5) is 10.3 Å². The number of piperidine rings is 1. The molecule has 1 aliphatic rings. The summed E-state index contributed by atoms with van der Waals surface area (Å²) in [6.45, 7) is 1.41. The van der Waals surface area contributed by atoms with Gasteiger partial charge in [-0.1, -0.05) is 18.2 Å². The highest BCUT2D eigenvalue weighted by Crippen LogP contribution is 2.30. The number of hydrogen-bond acceptors (Lipinski definition) is 6. The van der Waals surface area contributed by atoms with Crippen LogP contribution in [-0.4, -0.2) is 42.4 Å². The van der Waals surface area contributed by atoms with Crippen molar-refractivity contribution in [2.24, 2.45) is 7.05 Å². The van der Waals surface area contributed by atoms with E-state index in [-0.39, 0.29) is 17.0 Å². The third-order valence-corrected chi connectivity index (χ3v) is 5.91. The monoisotopic (exact) mass is 431 g/mol. The number of rotatable bonds is 4. The highest BCUT2D eigenvalue weighted by molar-refractivity contribution is 5.60. The van der Waals surface area contributed by atoms with E-state index in [0.717, 1.165) is 30.6 Å². The highest BCUT2D eigenvalue weighted by Gasteiger charge is 2.27. The van der Waals surface area contributed by atoms with Crippen LogP contribution < -0.4 is 10.5 Å². The van der Waals surface area contributed by atoms with Gasteiger partial charge in [-0.15, -0.1) is 10.2 Å². The predicted octanol–water partition coefficient (Wildman–Crippen LogP) is 2.95. The third-order valence-electron chi connectivity index (χ3n) is 5.91. The summed E-state index contributed by atoms with van der Waals surface area (Å²) < 4.78 is 17.8. The second-order valence-electron chi connectivity index (χ2n) is 7.85. The molecular formula is C23H22FN7O. The molecule has 4 heterocycles. The van der Waals surface area contributed by atoms with Gasteiger partial charge >= 0.3 is 0 Å². The molecule has 0 N–H and O–H groups in total. The SMILES string of the molecule is Cn1c(N2CCC(c3nncn3-c3ccccc3)CC2)nc(-c2ccncc2F)cc1=O. The van der Waals surface area contributed by atoms with Gasteiger partial charge in [0.15, 0.2) is 5.82 Å². The van der Waals surface area contributed by atoms with E-state index in [0.29, 0.717) is 24.7 Å². The molecule has 162 valence electrons. The Morgan fingerprint density at radius 1 is 1.09 bits per heavy atom. The lowest BCUT2D eigenvalue weighted by atomic mass is 9.96. The van der Waals surface area contributed by atoms with Crippen molar-refractivity contribution in [1.29, 1.82) is 0 Å². The minimum absolute atomic E-state index is 0.229. The largest absolute Gasteiger partial charge is 0.342 e. The van der Waals surface area contributed by atoms with E-state index in [4.69, 9.17) is 0 Å². The lowest BCUT2D eigenvalue weighted by Crippen LogP contribution is -2.38. The molecule has 3 aromatic heterocycles. The van der Waals surface area contributed by atoms with Crippen molar-refractivity contribution in [3.05, 3.63) is 83.2 Å². The van der Waals surface area contributed by atoms with Crippen LogP contribution in [-0.2, 0) is 7.05 Å². The second kappa shape index (κ2) is 8.33. The fraction of sp³-hybridized carbons (Fsp3) is 0.261. The molecule has 1 aromatic carbocycles. The van der Waals surface area contributed by atoms with Gasteiger partial charge in [0, 0.05) is 49.6 Å². The van der Waals surface area contributed by atoms with Crippen molar-refractivity contribution in [2.45, 2.75) is 18.8 Å². The van der Waals surface area contributed by atoms with Gasteiger partial charge in [0.25, 0.3) is 5.56 Å². The predicted molar refractivity (Wildman–Crippen MR) is 118 cm³/mol. The molecule has 0 aliphatic carbocycles. The Morgan fingerprint density at radius 2 is 1.88 bits per heavy atom. The summed E-state index contributed by atoms with van der Waals surface area (Å²) >= 11 is 0. The van der Waals surface area contributed by atoms with E-state index < -0.39 is 5.82 Å². The first-order chi connectivity index (χ1) is 15.6. The number of aromatic nitrogens is 6. The van der Waals surface area contributed by atoms with Crippen molar-refractivity contribution < 1.29 is 4.39 Å². The maximum Gasteiger partial charge on any atom is 0.255 e. The standard InChI is InChI=1S/C23H22FN7O/c1-29-21(32)13-20(18-7-10-25-14-19(18)24)27-23(29)30-11-8-16(9-12-30)22-28-26-15-31(22)17-5-3-2-4-6-17/h2-7,10,13-16H,8-9,11-12H2,1H3. The second-order valence-corrected chi connectivity index (χ2v) is 7.85. The van der Waals surface area contributed by atoms with Crippen molar-refractivity contribution in [2.75, 3.05) is 18.0 Å². The Balaban J connectivity index is 1.39. The van der Waals surface area contributed by atoms with Gasteiger partial charge in [-0.05, 0) is 31.0 Å². The van der Waals surface area contributed by atoms with Gasteiger partial charge in [0.2, 0.25) is 5.95 Å². The number of anilines is 1. The Kier molecular flexibility index (Phi) is 5.22. The van der Waals surface area contributed by atoms with Crippen LogP contribution in [0.3, 0.4) is 0 Å². The zero-order valence-corrected chi connectivity index (χ0v) is 17.6. The van der Waals surface area contributed by atoms with Crippen LogP contribution in [0.1, 0.15) is 24.6 Å². The Bertz CT molecular complexity index is 1290. The van der Waals surface area contributed by atoms with E-state index in [2.05, 4.69) is 25.1 Å². The van der Waals surface area contributed by atoms with E-state index in [1.807, 2.05) is 34.9 Å². The van der Waals surface area contributed by atoms with Crippen LogP contribution >= 0.6 is 0 Å². The molecule has 9 heteroatoms. The fourth-order valence-electron chi connectivity index (χ4n) is 4.18. The van der Waals surface area contributed by atoms with Crippen molar-refractivity contribution in [1.82, 2.24) is 29.3 Å². The van der Waals surface area contributed by atoms with Crippen molar-refractivity contribution >= 4 is 5.95 Å². The minimum Gasteiger partial charge on any atom is -0.342 e. The summed E-state index contributed by atoms with van der Waals surface area (Å²) in [5.41, 5.74) is 1.39. The summed E-state index contributed by atoms with van der Waals surface area (Å²) in [6, 6.07) is 12.9. The first kappa shape index (κ1) is 20.0. The normalized spacial score (nSPS) is 14.6. The van der Waals surface area contributed by atoms with E-state index in [9.17, 15) is 9.18 Å². The number of nitrogens with zero attached hydrogens (tertiary/aromatic N) is 7. The summed E-state index contributed by atoms with van der Waals surface area (Å²) in [4.78, 5) is 23.1. The van der Waals surface area contributed by atoms with Gasteiger partial charge in [-0.25, -0.2) is 9.37 Å². The Labute approximate surface area is 184 Å². The quantitative estimate of drug-likeness (QED) is 0.494. The molecule has 0 bridgehead atoms. The maximum atomic E-state index is 14.2. The maximum absolute atomic E-state index is 14.2. The molecule has 0 spiro atoms. The molecule has 4 aromatic rings. The lowest BCUT2D eigenvalue weighted by molar-refractivity contribution is 0.470. The highest BCUT2D eigenvalue weighted by atomic mass is 19.1. The van der Waals surface area contributed by atoms with E-state index >= 15 is 0 Å². The Hall–Kier alpha value is -3.88. The summed E-state index contributed by atoms with van der Waals surface area (Å²) in [6.07, 6.45) is 6.05. The van der Waals surface area contributed by atoms with Crippen LogP contribution in [0.5, 0.6) is 0 Å². The molecule has 0 unspecified atom stereocenters. The molecule has 32 heavy (non-hydrogen) atoms. The van der Waals surface area contributed by atoms with E-state index in [1.54, 1.807) is 13.4 Å². The molecule has 1 fully saturated rings. The van der Waals surface area contributed by atoms with Crippen LogP contribution in [0, 0.1) is 5.82 Å². The fourth-order valence-corrected chi connectivity index (χ4v) is 4.18. The molecular weight excluding hydrogens is 409 g/mol. The molecule has 5 rings (SSSR count). The number of pyridine rings is 1. The van der Waals surface area contributed by atoms with Crippen LogP contribution in [0.2, 0.25) is 0 Å². The minimum atomic E-state index is -0.502. The summed E-state index contributed by atoms with van der Waals surface area (Å²) in [5, 5.41) is 8.52. The zero-order chi connectivity index (χ0) is 22.1. The Morgan fingerprint density at radius 3 is 2.62 bits per heavy atom. The summed E-state index contributed by atoms with van der Waals surface area (Å²) in [5.74, 6) is 1.21. The first-order valence-corrected chi connectivity index (χ1v) is 10.5. The summed E-state index contributed by atoms with van der Waals surface area (Å²) in [7, 11) is 1.69. The van der Waals surface area contributed by atoms with Gasteiger partial charge < -0.3 is 4.90 Å². The lowest BCUT2D eigenvalue weighted by Gasteiger charge is -2.33. The van der Waals surface area contributed by atoms with Gasteiger partial charge in [-0.3, -0.25) is 18.9 Å². The molecule has 0 atom stereocenters. The molecule has 1 saturated heterocycles. The number of hydrogen-bond donors (Lipinski definition) is 0. The van der Waals surface area contributed by atoms with Crippen LogP contribution in [0.25, 0.3) is 16.9 Å². The van der Waals surface area contributed by atoms with Gasteiger partial charge in [0.1, 0.15) is 12.2 Å². The molecule has 1 aliphatic heterocycles. The smallest absolute Gasteiger partial charge is 0.255 e. The van der Waals surface area contributed by atoms with Crippen molar-refractivity contribution in [3.8, 4) is 16.9 Å². The molecule has 0 amide bonds. The average Bonchev–Trinajstić information content (AvgIpc) is 3.32. The zero-order valence-electron chi connectivity index (χ0n) is 17.6. The number of halogens is 1. The van der Waals surface area contributed by atoms with Crippen molar-refractivity contribution in [3.63, 3.8) is 0 Å². The molecule has 0 saturated carbocycles. The third kappa shape index (κ3) is 3.66. The average molecular weight is 431 g/mol. The molecule has 8 nitrogen and oxygen atoms in total. The number of para-hydroxylation sites is 1. The van der Waals surface area contributed by atoms with Gasteiger partial charge in [0.05, 0.1) is 11.9 Å².